The van der Waals surface area contributed by atoms with Gasteiger partial charge >= 0.3 is 0 Å². The van der Waals surface area contributed by atoms with Gasteiger partial charge in [0.25, 0.3) is 7.37 Å². The predicted octanol–water partition coefficient (Wildman–Crippen LogP) is 8.71. The Bertz CT molecular complexity index is 1180. The van der Waals surface area contributed by atoms with Crippen molar-refractivity contribution in [3.8, 4) is 0 Å². The predicted molar refractivity (Wildman–Crippen MR) is 161 cm³/mol. The normalized spacial score (nSPS) is 22.3. The highest BCUT2D eigenvalue weighted by Gasteiger charge is 2.43. The number of benzene rings is 3. The van der Waals surface area contributed by atoms with Gasteiger partial charge in [0.05, 0.1) is 6.10 Å². The first-order valence-electron chi connectivity index (χ1n) is 13.3. The van der Waals surface area contributed by atoms with Crippen LogP contribution in [0.25, 0.3) is 0 Å². The third-order valence-electron chi connectivity index (χ3n) is 7.58. The van der Waals surface area contributed by atoms with Crippen LogP contribution in [0.1, 0.15) is 51.4 Å². The van der Waals surface area contributed by atoms with Gasteiger partial charge in [-0.25, -0.2) is 0 Å². The van der Waals surface area contributed by atoms with Gasteiger partial charge < -0.3 is 14.7 Å². The molecule has 1 aliphatic carbocycles. The lowest BCUT2D eigenvalue weighted by Crippen LogP contribution is -2.35. The van der Waals surface area contributed by atoms with Gasteiger partial charge in [0, 0.05) is 35.2 Å². The molecule has 4 nitrogen and oxygen atoms in total. The van der Waals surface area contributed by atoms with E-state index in [1.807, 2.05) is 93.0 Å². The zero-order valence-corrected chi connectivity index (χ0v) is 25.1. The minimum atomic E-state index is -3.45. The van der Waals surface area contributed by atoms with E-state index in [1.165, 1.54) is 6.42 Å². The highest BCUT2D eigenvalue weighted by Crippen LogP contribution is 2.61. The van der Waals surface area contributed by atoms with Crippen molar-refractivity contribution < 1.29 is 9.09 Å². The van der Waals surface area contributed by atoms with Crippen LogP contribution < -0.4 is 15.5 Å². The van der Waals surface area contributed by atoms with E-state index in [2.05, 4.69) is 46.9 Å². The van der Waals surface area contributed by atoms with Crippen LogP contribution in [0.2, 0.25) is 0 Å². The molecule has 0 aliphatic heterocycles. The summed E-state index contributed by atoms with van der Waals surface area (Å²) in [5.74, 6) is 0.874. The molecule has 0 aromatic heterocycles. The van der Waals surface area contributed by atoms with Crippen molar-refractivity contribution in [3.63, 3.8) is 0 Å². The maximum atomic E-state index is 15.5. The zero-order valence-electron chi connectivity index (χ0n) is 22.6. The molecule has 1 N–H and O–H groups in total. The number of anilines is 2. The lowest BCUT2D eigenvalue weighted by atomic mass is 9.75. The Morgan fingerprint density at radius 2 is 1.59 bits per heavy atom. The lowest BCUT2D eigenvalue weighted by Gasteiger charge is -2.41. The topological polar surface area (TPSA) is 41.6 Å². The highest BCUT2D eigenvalue weighted by atomic mass is 79.9. The van der Waals surface area contributed by atoms with E-state index in [1.54, 1.807) is 0 Å². The first kappa shape index (κ1) is 28.0. The van der Waals surface area contributed by atoms with Crippen molar-refractivity contribution in [3.05, 3.63) is 88.9 Å². The molecule has 5 atom stereocenters. The molecule has 6 heteroatoms. The molecule has 4 rings (SSSR count). The fraction of sp³-hybridized carbons (Fsp3) is 0.419. The van der Waals surface area contributed by atoms with Gasteiger partial charge in [-0.2, -0.15) is 0 Å². The van der Waals surface area contributed by atoms with Gasteiger partial charge in [0.15, 0.2) is 0 Å². The van der Waals surface area contributed by atoms with Crippen LogP contribution in [0.3, 0.4) is 0 Å². The van der Waals surface area contributed by atoms with Crippen LogP contribution >= 0.6 is 23.3 Å². The van der Waals surface area contributed by atoms with Gasteiger partial charge in [-0.15, -0.1) is 0 Å². The molecule has 1 aliphatic rings. The summed E-state index contributed by atoms with van der Waals surface area (Å²) in [7, 11) is 0.583. The van der Waals surface area contributed by atoms with E-state index in [-0.39, 0.29) is 6.10 Å². The molecule has 198 valence electrons. The van der Waals surface area contributed by atoms with Gasteiger partial charge in [-0.05, 0) is 84.7 Å². The van der Waals surface area contributed by atoms with Crippen molar-refractivity contribution >= 4 is 40.0 Å². The Balaban J connectivity index is 1.84. The summed E-state index contributed by atoms with van der Waals surface area (Å²) in [5, 5.41) is 4.37. The van der Waals surface area contributed by atoms with Crippen LogP contribution in [-0.4, -0.2) is 20.2 Å². The van der Waals surface area contributed by atoms with E-state index >= 15 is 4.57 Å². The van der Waals surface area contributed by atoms with E-state index < -0.39 is 13.2 Å². The van der Waals surface area contributed by atoms with Crippen LogP contribution in [0.5, 0.6) is 0 Å². The van der Waals surface area contributed by atoms with E-state index in [9.17, 15) is 0 Å². The van der Waals surface area contributed by atoms with E-state index in [0.717, 1.165) is 39.6 Å². The van der Waals surface area contributed by atoms with Crippen LogP contribution in [0, 0.1) is 17.8 Å². The Kier molecular flexibility index (Phi) is 9.21. The van der Waals surface area contributed by atoms with Crippen molar-refractivity contribution in [2.24, 2.45) is 17.8 Å². The summed E-state index contributed by atoms with van der Waals surface area (Å²) >= 11 is 3.56. The van der Waals surface area contributed by atoms with Gasteiger partial charge in [-0.1, -0.05) is 73.5 Å². The van der Waals surface area contributed by atoms with Gasteiger partial charge in [0.1, 0.15) is 5.78 Å². The number of hydrogen-bond donors (Lipinski definition) is 1. The summed E-state index contributed by atoms with van der Waals surface area (Å²) in [6.07, 6.45) is 3.18. The number of nitrogens with one attached hydrogen (secondary N) is 1. The standard InChI is InChI=1S/C31H40BrN2O2P/c1-22(2)29-20-11-23(3)21-30(29)36-37(35,28-18-16-27(17-19-28)34(4)5)31(24-12-14-25(32)15-13-24)33-26-9-7-6-8-10-26/h6-10,12-19,22-23,29-31,33H,11,20-21H2,1-5H3/t23-,29+,30+,31-,37-/m0/s1. The molecule has 3 aromatic carbocycles. The van der Waals surface area contributed by atoms with Crippen LogP contribution in [-0.2, 0) is 9.09 Å². The Morgan fingerprint density at radius 1 is 0.946 bits per heavy atom. The maximum absolute atomic E-state index is 15.5. The van der Waals surface area contributed by atoms with Crippen molar-refractivity contribution in [1.82, 2.24) is 0 Å². The number of nitrogens with zero attached hydrogens (tertiary/aromatic N) is 1. The number of hydrogen-bond acceptors (Lipinski definition) is 4. The molecular weight excluding hydrogens is 543 g/mol. The largest absolute Gasteiger partial charge is 0.378 e. The van der Waals surface area contributed by atoms with Crippen molar-refractivity contribution in [2.75, 3.05) is 24.3 Å². The second-order valence-corrected chi connectivity index (χ2v) is 14.3. The molecule has 1 fully saturated rings. The molecule has 0 spiro atoms. The van der Waals surface area contributed by atoms with Gasteiger partial charge in [0.2, 0.25) is 0 Å². The Morgan fingerprint density at radius 3 is 2.19 bits per heavy atom. The molecule has 0 amide bonds. The van der Waals surface area contributed by atoms with Crippen LogP contribution in [0.4, 0.5) is 11.4 Å². The number of para-hydroxylation sites is 1. The average molecular weight is 584 g/mol. The fourth-order valence-corrected chi connectivity index (χ4v) is 8.27. The number of halogens is 1. The summed E-state index contributed by atoms with van der Waals surface area (Å²) in [5.41, 5.74) is 2.93. The minimum absolute atomic E-state index is 0.0568. The molecule has 1 saturated carbocycles. The third-order valence-corrected chi connectivity index (χ3v) is 10.8. The molecule has 0 saturated heterocycles. The monoisotopic (exact) mass is 582 g/mol. The molecule has 3 aromatic rings. The van der Waals surface area contributed by atoms with Crippen molar-refractivity contribution in [1.29, 1.82) is 0 Å². The first-order chi connectivity index (χ1) is 17.7. The zero-order chi connectivity index (χ0) is 26.6. The summed E-state index contributed by atoms with van der Waals surface area (Å²) in [6, 6.07) is 26.2. The summed E-state index contributed by atoms with van der Waals surface area (Å²) in [6.45, 7) is 6.82. The summed E-state index contributed by atoms with van der Waals surface area (Å²) < 4.78 is 23.5. The average Bonchev–Trinajstić information content (AvgIpc) is 2.88. The SMILES string of the molecule is CC(C)[C@H]1CC[C@H](C)C[C@H]1O[P@@](=O)(c1ccc(N(C)C)cc1)[C@H](Nc1ccccc1)c1ccc(Br)cc1. The van der Waals surface area contributed by atoms with E-state index in [0.29, 0.717) is 17.8 Å². The molecule has 0 heterocycles. The van der Waals surface area contributed by atoms with E-state index in [4.69, 9.17) is 4.52 Å². The molecule has 0 bridgehead atoms. The first-order valence-corrected chi connectivity index (χ1v) is 15.8. The van der Waals surface area contributed by atoms with Crippen molar-refractivity contribution in [2.45, 2.75) is 51.9 Å². The molecule has 0 radical (unpaired) electrons. The summed E-state index contributed by atoms with van der Waals surface area (Å²) in [4.78, 5) is 2.06. The Hall–Kier alpha value is -2.07. The molecule has 37 heavy (non-hydrogen) atoms. The second-order valence-electron chi connectivity index (χ2n) is 10.9. The van der Waals surface area contributed by atoms with Gasteiger partial charge in [-0.3, -0.25) is 4.57 Å². The maximum Gasteiger partial charge on any atom is 0.258 e. The fourth-order valence-electron chi connectivity index (χ4n) is 5.37. The Labute approximate surface area is 231 Å². The highest BCUT2D eigenvalue weighted by molar-refractivity contribution is 9.10. The minimum Gasteiger partial charge on any atom is -0.378 e. The third kappa shape index (κ3) is 6.69. The molecule has 0 unspecified atom stereocenters. The lowest BCUT2D eigenvalue weighted by molar-refractivity contribution is 0.0489. The molecular formula is C31H40BrN2O2P. The smallest absolute Gasteiger partial charge is 0.258 e. The number of rotatable bonds is 9. The van der Waals surface area contributed by atoms with Crippen LogP contribution in [0.15, 0.2) is 83.3 Å². The quantitative estimate of drug-likeness (QED) is 0.256. The second kappa shape index (κ2) is 12.2.